The van der Waals surface area contributed by atoms with E-state index in [0.717, 1.165) is 18.4 Å². The lowest BCUT2D eigenvalue weighted by Crippen LogP contribution is -2.47. The number of allylic oxidation sites excluding steroid dienone is 1. The van der Waals surface area contributed by atoms with Crippen molar-refractivity contribution in [3.63, 3.8) is 0 Å². The average Bonchev–Trinajstić information content (AvgIpc) is 2.72. The zero-order chi connectivity index (χ0) is 15.8. The number of aliphatic hydroxyl groups is 3. The summed E-state index contributed by atoms with van der Waals surface area (Å²) in [6.07, 6.45) is 0.816. The summed E-state index contributed by atoms with van der Waals surface area (Å²) in [5.74, 6) is -1.95. The van der Waals surface area contributed by atoms with Crippen molar-refractivity contribution in [2.45, 2.75) is 57.0 Å². The molecule has 0 spiro atoms. The Bertz CT molecular complexity index is 434. The molecule has 120 valence electrons. The van der Waals surface area contributed by atoms with Gasteiger partial charge in [0.2, 0.25) is 0 Å². The van der Waals surface area contributed by atoms with Crippen LogP contribution in [0.5, 0.6) is 0 Å². The summed E-state index contributed by atoms with van der Waals surface area (Å²) in [5, 5.41) is 38.7. The number of aliphatic carboxylic acids is 1. The van der Waals surface area contributed by atoms with Crippen LogP contribution in [0, 0.1) is 11.8 Å². The SMILES string of the molecule is CC(C(=O)O)C1OC(C)(C2CC=C(CO)CC2)C(O)C1O. The van der Waals surface area contributed by atoms with Gasteiger partial charge in [-0.3, -0.25) is 4.79 Å². The third-order valence-electron chi connectivity index (χ3n) is 5.04. The Kier molecular flexibility index (Phi) is 4.72. The van der Waals surface area contributed by atoms with E-state index in [1.54, 1.807) is 6.92 Å². The zero-order valence-corrected chi connectivity index (χ0v) is 12.4. The Hall–Kier alpha value is -0.950. The third-order valence-corrected chi connectivity index (χ3v) is 5.04. The largest absolute Gasteiger partial charge is 0.481 e. The van der Waals surface area contributed by atoms with Gasteiger partial charge in [0.05, 0.1) is 24.2 Å². The Balaban J connectivity index is 2.16. The van der Waals surface area contributed by atoms with Crippen molar-refractivity contribution in [2.75, 3.05) is 6.61 Å². The molecule has 6 nitrogen and oxygen atoms in total. The fourth-order valence-corrected chi connectivity index (χ4v) is 3.38. The Morgan fingerprint density at radius 1 is 1.52 bits per heavy atom. The lowest BCUT2D eigenvalue weighted by atomic mass is 9.75. The van der Waals surface area contributed by atoms with Crippen LogP contribution in [0.2, 0.25) is 0 Å². The quantitative estimate of drug-likeness (QED) is 0.557. The first-order valence-corrected chi connectivity index (χ1v) is 7.36. The Labute approximate surface area is 124 Å². The first-order valence-electron chi connectivity index (χ1n) is 7.36. The van der Waals surface area contributed by atoms with Crippen LogP contribution in [0.3, 0.4) is 0 Å². The maximum atomic E-state index is 11.1. The number of carbonyl (C=O) groups is 1. The molecular formula is C15H24O6. The smallest absolute Gasteiger partial charge is 0.308 e. The van der Waals surface area contributed by atoms with Gasteiger partial charge in [-0.25, -0.2) is 0 Å². The fraction of sp³-hybridized carbons (Fsp3) is 0.800. The third kappa shape index (κ3) is 2.85. The van der Waals surface area contributed by atoms with Crippen molar-refractivity contribution in [3.8, 4) is 0 Å². The molecule has 6 heteroatoms. The van der Waals surface area contributed by atoms with Gasteiger partial charge in [-0.05, 0) is 44.6 Å². The minimum atomic E-state index is -1.20. The number of carboxylic acids is 1. The molecule has 0 amide bonds. The van der Waals surface area contributed by atoms with Gasteiger partial charge in [0.1, 0.15) is 12.2 Å². The molecular weight excluding hydrogens is 276 g/mol. The highest BCUT2D eigenvalue weighted by Gasteiger charge is 2.56. The minimum Gasteiger partial charge on any atom is -0.481 e. The molecule has 0 radical (unpaired) electrons. The van der Waals surface area contributed by atoms with E-state index in [2.05, 4.69) is 0 Å². The van der Waals surface area contributed by atoms with Crippen LogP contribution in [0.25, 0.3) is 0 Å². The van der Waals surface area contributed by atoms with E-state index in [0.29, 0.717) is 6.42 Å². The number of hydrogen-bond acceptors (Lipinski definition) is 5. The van der Waals surface area contributed by atoms with E-state index >= 15 is 0 Å². The van der Waals surface area contributed by atoms with Crippen molar-refractivity contribution in [2.24, 2.45) is 11.8 Å². The van der Waals surface area contributed by atoms with Crippen molar-refractivity contribution in [1.29, 1.82) is 0 Å². The van der Waals surface area contributed by atoms with Crippen molar-refractivity contribution in [1.82, 2.24) is 0 Å². The molecule has 4 N–H and O–H groups in total. The highest BCUT2D eigenvalue weighted by molar-refractivity contribution is 5.70. The fourth-order valence-electron chi connectivity index (χ4n) is 3.38. The average molecular weight is 300 g/mol. The predicted octanol–water partition coefficient (Wildman–Crippen LogP) is 0.305. The number of hydrogen-bond donors (Lipinski definition) is 4. The number of aliphatic hydroxyl groups excluding tert-OH is 3. The Morgan fingerprint density at radius 3 is 2.67 bits per heavy atom. The molecule has 1 fully saturated rings. The predicted molar refractivity (Wildman–Crippen MR) is 74.6 cm³/mol. The van der Waals surface area contributed by atoms with E-state index in [9.17, 15) is 15.0 Å². The lowest BCUT2D eigenvalue weighted by molar-refractivity contribution is -0.155. The van der Waals surface area contributed by atoms with Gasteiger partial charge in [-0.2, -0.15) is 0 Å². The van der Waals surface area contributed by atoms with Gasteiger partial charge in [0.15, 0.2) is 0 Å². The van der Waals surface area contributed by atoms with Crippen LogP contribution in [-0.2, 0) is 9.53 Å². The van der Waals surface area contributed by atoms with E-state index in [1.165, 1.54) is 6.92 Å². The van der Waals surface area contributed by atoms with Crippen LogP contribution in [0.15, 0.2) is 11.6 Å². The lowest BCUT2D eigenvalue weighted by Gasteiger charge is -2.38. The molecule has 0 saturated carbocycles. The van der Waals surface area contributed by atoms with Crippen molar-refractivity contribution in [3.05, 3.63) is 11.6 Å². The molecule has 2 aliphatic rings. The molecule has 0 aromatic heterocycles. The molecule has 1 aliphatic heterocycles. The van der Waals surface area contributed by atoms with Gasteiger partial charge in [-0.15, -0.1) is 0 Å². The topological polar surface area (TPSA) is 107 Å². The molecule has 0 aromatic rings. The van der Waals surface area contributed by atoms with Gasteiger partial charge < -0.3 is 25.2 Å². The monoisotopic (exact) mass is 300 g/mol. The number of rotatable bonds is 4. The molecule has 1 aliphatic carbocycles. The highest BCUT2D eigenvalue weighted by Crippen LogP contribution is 2.44. The standard InChI is InChI=1S/C15H24O6/c1-8(14(19)20)12-11(17)13(18)15(2,21-12)10-5-3-9(7-16)4-6-10/h3,8,10-13,16-18H,4-7H2,1-2H3,(H,19,20). The summed E-state index contributed by atoms with van der Waals surface area (Å²) in [5.41, 5.74) is 0.00370. The maximum Gasteiger partial charge on any atom is 0.308 e. The molecule has 2 rings (SSSR count). The molecule has 6 atom stereocenters. The number of ether oxygens (including phenoxy) is 1. The summed E-state index contributed by atoms with van der Waals surface area (Å²) < 4.78 is 5.83. The van der Waals surface area contributed by atoms with Crippen LogP contribution >= 0.6 is 0 Å². The highest BCUT2D eigenvalue weighted by atomic mass is 16.6. The zero-order valence-electron chi connectivity index (χ0n) is 12.4. The van der Waals surface area contributed by atoms with Gasteiger partial charge in [0.25, 0.3) is 0 Å². The second kappa shape index (κ2) is 6.04. The summed E-state index contributed by atoms with van der Waals surface area (Å²) in [7, 11) is 0. The van der Waals surface area contributed by atoms with E-state index in [-0.39, 0.29) is 12.5 Å². The Morgan fingerprint density at radius 2 is 2.19 bits per heavy atom. The molecule has 1 heterocycles. The van der Waals surface area contributed by atoms with E-state index in [4.69, 9.17) is 14.9 Å². The van der Waals surface area contributed by atoms with Crippen LogP contribution in [0.4, 0.5) is 0 Å². The van der Waals surface area contributed by atoms with Gasteiger partial charge in [-0.1, -0.05) is 6.08 Å². The van der Waals surface area contributed by atoms with E-state index < -0.39 is 35.8 Å². The van der Waals surface area contributed by atoms with Gasteiger partial charge in [0, 0.05) is 0 Å². The summed E-state index contributed by atoms with van der Waals surface area (Å²) in [4.78, 5) is 11.1. The summed E-state index contributed by atoms with van der Waals surface area (Å²) >= 11 is 0. The number of carboxylic acid groups (broad SMARTS) is 1. The minimum absolute atomic E-state index is 0.0107. The molecule has 21 heavy (non-hydrogen) atoms. The summed E-state index contributed by atoms with van der Waals surface area (Å²) in [6.45, 7) is 3.24. The second-order valence-corrected chi connectivity index (χ2v) is 6.32. The molecule has 0 bridgehead atoms. The van der Waals surface area contributed by atoms with Crippen molar-refractivity contribution < 1.29 is 30.0 Å². The molecule has 1 saturated heterocycles. The molecule has 0 aromatic carbocycles. The maximum absolute atomic E-state index is 11.1. The van der Waals surface area contributed by atoms with Crippen LogP contribution in [-0.4, -0.2) is 56.9 Å². The second-order valence-electron chi connectivity index (χ2n) is 6.32. The normalized spacial score (nSPS) is 41.7. The summed E-state index contributed by atoms with van der Waals surface area (Å²) in [6, 6.07) is 0. The van der Waals surface area contributed by atoms with Crippen molar-refractivity contribution >= 4 is 5.97 Å². The van der Waals surface area contributed by atoms with Gasteiger partial charge >= 0.3 is 5.97 Å². The van der Waals surface area contributed by atoms with Crippen LogP contribution in [0.1, 0.15) is 33.1 Å². The van der Waals surface area contributed by atoms with Crippen LogP contribution < -0.4 is 0 Å². The first kappa shape index (κ1) is 16.4. The first-order chi connectivity index (χ1) is 9.81. The van der Waals surface area contributed by atoms with E-state index in [1.807, 2.05) is 6.08 Å². The molecule has 6 unspecified atom stereocenters.